The summed E-state index contributed by atoms with van der Waals surface area (Å²) in [6.45, 7) is 19.0. The maximum atomic E-state index is 13.2. The van der Waals surface area contributed by atoms with Crippen molar-refractivity contribution in [3.63, 3.8) is 0 Å². The Bertz CT molecular complexity index is 686. The van der Waals surface area contributed by atoms with E-state index in [4.69, 9.17) is 4.74 Å². The minimum atomic E-state index is -0.678. The zero-order chi connectivity index (χ0) is 26.0. The fourth-order valence-corrected chi connectivity index (χ4v) is 4.84. The van der Waals surface area contributed by atoms with E-state index in [0.29, 0.717) is 12.2 Å². The van der Waals surface area contributed by atoms with Crippen LogP contribution in [0.2, 0.25) is 0 Å². The second-order valence-electron chi connectivity index (χ2n) is 10.2. The van der Waals surface area contributed by atoms with Gasteiger partial charge in [0.25, 0.3) is 0 Å². The van der Waals surface area contributed by atoms with Crippen LogP contribution in [0.1, 0.15) is 68.7 Å². The highest BCUT2D eigenvalue weighted by atomic mass is 32.2. The summed E-state index contributed by atoms with van der Waals surface area (Å²) in [6.07, 6.45) is 2.92. The minimum absolute atomic E-state index is 0.130. The molecule has 0 radical (unpaired) electrons. The van der Waals surface area contributed by atoms with E-state index in [2.05, 4.69) is 37.9 Å². The number of likely N-dealkylation sites (N-methyl/N-ethyl adjacent to an activating group) is 2. The molecule has 0 aromatic rings. The summed E-state index contributed by atoms with van der Waals surface area (Å²) < 4.78 is 4.73. The third-order valence-electron chi connectivity index (χ3n) is 5.31. The molecule has 0 aliphatic carbocycles. The summed E-state index contributed by atoms with van der Waals surface area (Å²) in [6, 6.07) is -0.993. The fraction of sp³-hybridized carbons (Fsp3) is 0.800. The number of carbonyl (C=O) groups excluding carboxylic acids is 3. The fourth-order valence-electron chi connectivity index (χ4n) is 3.49. The molecule has 1 fully saturated rings. The maximum absolute atomic E-state index is 13.2. The molecular formula is C25H47N3O4S. The molecular weight excluding hydrogens is 438 g/mol. The number of ether oxygens (including phenoxy) is 1. The summed E-state index contributed by atoms with van der Waals surface area (Å²) >= 11 is 1.78. The number of hydrogen-bond donors (Lipinski definition) is 1. The van der Waals surface area contributed by atoms with Crippen LogP contribution in [0.15, 0.2) is 11.6 Å². The second kappa shape index (κ2) is 14.0. The Morgan fingerprint density at radius 2 is 1.79 bits per heavy atom. The summed E-state index contributed by atoms with van der Waals surface area (Å²) in [4.78, 5) is 41.8. The van der Waals surface area contributed by atoms with Crippen LogP contribution in [0, 0.1) is 5.41 Å². The number of esters is 1. The Morgan fingerprint density at radius 1 is 1.24 bits per heavy atom. The number of nitrogens with one attached hydrogen (secondary N) is 1. The van der Waals surface area contributed by atoms with Crippen molar-refractivity contribution in [1.29, 1.82) is 0 Å². The lowest BCUT2D eigenvalue weighted by Crippen LogP contribution is -2.63. The standard InChI is InChI=1S/C22H39N3O4S.C3H8/c1-10-29-20(28)15(2)11-12-25(9)19(27)16(21(3,4)5)23-18(26)17-22(6,7)30-14-13-24(17)8;1-3-2/h11,16-17H,10,12-14H2,1-9H3,(H,23,26);3H2,1-2H3/b15-11+;/t16?,17-;/m1./s1. The molecule has 0 spiro atoms. The molecule has 33 heavy (non-hydrogen) atoms. The van der Waals surface area contributed by atoms with Crippen LogP contribution in [0.4, 0.5) is 0 Å². The first-order chi connectivity index (χ1) is 15.1. The first-order valence-corrected chi connectivity index (χ1v) is 12.9. The number of nitrogens with zero attached hydrogens (tertiary/aromatic N) is 2. The van der Waals surface area contributed by atoms with Crippen LogP contribution in [-0.4, -0.2) is 84.0 Å². The molecule has 8 heteroatoms. The molecule has 1 heterocycles. The van der Waals surface area contributed by atoms with E-state index in [1.54, 1.807) is 38.7 Å². The number of thioether (sulfide) groups is 1. The van der Waals surface area contributed by atoms with Gasteiger partial charge in [-0.15, -0.1) is 0 Å². The van der Waals surface area contributed by atoms with E-state index in [9.17, 15) is 14.4 Å². The lowest BCUT2D eigenvalue weighted by molar-refractivity contribution is -0.140. The highest BCUT2D eigenvalue weighted by Gasteiger charge is 2.44. The zero-order valence-corrected chi connectivity index (χ0v) is 23.5. The number of carbonyl (C=O) groups is 3. The van der Waals surface area contributed by atoms with Crippen molar-refractivity contribution in [2.75, 3.05) is 39.5 Å². The Balaban J connectivity index is 0.00000322. The molecule has 1 aliphatic heterocycles. The van der Waals surface area contributed by atoms with Gasteiger partial charge in [-0.25, -0.2) is 4.79 Å². The van der Waals surface area contributed by atoms with Gasteiger partial charge < -0.3 is 15.0 Å². The molecule has 1 aliphatic rings. The van der Waals surface area contributed by atoms with Crippen molar-refractivity contribution in [2.45, 2.75) is 85.6 Å². The van der Waals surface area contributed by atoms with Crippen LogP contribution in [0.3, 0.4) is 0 Å². The van der Waals surface area contributed by atoms with Crippen molar-refractivity contribution < 1.29 is 19.1 Å². The summed E-state index contributed by atoms with van der Waals surface area (Å²) in [5, 5.41) is 3.03. The van der Waals surface area contributed by atoms with Gasteiger partial charge in [0.1, 0.15) is 12.1 Å². The Kier molecular flexibility index (Phi) is 13.3. The number of amides is 2. The van der Waals surface area contributed by atoms with Gasteiger partial charge in [-0.2, -0.15) is 11.8 Å². The van der Waals surface area contributed by atoms with E-state index >= 15 is 0 Å². The third-order valence-corrected chi connectivity index (χ3v) is 6.66. The van der Waals surface area contributed by atoms with E-state index < -0.39 is 11.5 Å². The molecule has 2 atom stereocenters. The minimum Gasteiger partial charge on any atom is -0.463 e. The summed E-state index contributed by atoms with van der Waals surface area (Å²) in [5.74, 6) is 0.269. The Morgan fingerprint density at radius 3 is 2.24 bits per heavy atom. The molecule has 1 unspecified atom stereocenters. The van der Waals surface area contributed by atoms with Gasteiger partial charge >= 0.3 is 5.97 Å². The predicted molar refractivity (Wildman–Crippen MR) is 138 cm³/mol. The van der Waals surface area contributed by atoms with E-state index in [1.165, 1.54) is 11.3 Å². The van der Waals surface area contributed by atoms with Crippen LogP contribution >= 0.6 is 11.8 Å². The van der Waals surface area contributed by atoms with Gasteiger partial charge in [0.15, 0.2) is 0 Å². The van der Waals surface area contributed by atoms with Crippen molar-refractivity contribution in [1.82, 2.24) is 15.1 Å². The number of rotatable bonds is 7. The summed E-state index contributed by atoms with van der Waals surface area (Å²) in [7, 11) is 3.63. The predicted octanol–water partition coefficient (Wildman–Crippen LogP) is 3.73. The van der Waals surface area contributed by atoms with Crippen LogP contribution in [0.5, 0.6) is 0 Å². The smallest absolute Gasteiger partial charge is 0.333 e. The largest absolute Gasteiger partial charge is 0.463 e. The molecule has 0 aromatic heterocycles. The number of hydrogen-bond acceptors (Lipinski definition) is 6. The lowest BCUT2D eigenvalue weighted by atomic mass is 9.85. The normalized spacial score (nSPS) is 19.6. The topological polar surface area (TPSA) is 79.0 Å². The van der Waals surface area contributed by atoms with Gasteiger partial charge in [0.05, 0.1) is 6.61 Å². The average Bonchev–Trinajstić information content (AvgIpc) is 2.68. The SMILES string of the molecule is CCC.CCOC(=O)/C(C)=C/CN(C)C(=O)C(NC(=O)[C@H]1N(C)CCSC1(C)C)C(C)(C)C. The zero-order valence-electron chi connectivity index (χ0n) is 22.7. The van der Waals surface area contributed by atoms with Crippen molar-refractivity contribution >= 4 is 29.5 Å². The molecule has 2 amide bonds. The third kappa shape index (κ3) is 10.1. The first kappa shape index (κ1) is 31.5. The Labute approximate surface area is 206 Å². The molecule has 1 saturated heterocycles. The molecule has 0 aromatic carbocycles. The van der Waals surface area contributed by atoms with Gasteiger partial charge in [-0.1, -0.05) is 47.1 Å². The van der Waals surface area contributed by atoms with Gasteiger partial charge in [-0.05, 0) is 40.2 Å². The van der Waals surface area contributed by atoms with Crippen molar-refractivity contribution in [2.24, 2.45) is 5.41 Å². The second-order valence-corrected chi connectivity index (χ2v) is 11.9. The van der Waals surface area contributed by atoms with Crippen molar-refractivity contribution in [3.8, 4) is 0 Å². The van der Waals surface area contributed by atoms with Gasteiger partial charge in [-0.3, -0.25) is 14.5 Å². The highest BCUT2D eigenvalue weighted by Crippen LogP contribution is 2.35. The molecule has 1 N–H and O–H groups in total. The maximum Gasteiger partial charge on any atom is 0.333 e. The van der Waals surface area contributed by atoms with Crippen molar-refractivity contribution in [3.05, 3.63) is 11.6 Å². The Hall–Kier alpha value is -1.54. The monoisotopic (exact) mass is 485 g/mol. The first-order valence-electron chi connectivity index (χ1n) is 11.9. The van der Waals surface area contributed by atoms with Crippen LogP contribution in [0.25, 0.3) is 0 Å². The average molecular weight is 486 g/mol. The van der Waals surface area contributed by atoms with Crippen LogP contribution in [-0.2, 0) is 19.1 Å². The summed E-state index contributed by atoms with van der Waals surface area (Å²) in [5.41, 5.74) is -0.0127. The lowest BCUT2D eigenvalue weighted by Gasteiger charge is -2.44. The molecule has 0 saturated carbocycles. The molecule has 192 valence electrons. The molecule has 7 nitrogen and oxygen atoms in total. The molecule has 0 bridgehead atoms. The van der Waals surface area contributed by atoms with Gasteiger partial charge in [0, 0.05) is 36.2 Å². The van der Waals surface area contributed by atoms with Gasteiger partial charge in [0.2, 0.25) is 11.8 Å². The molecule has 1 rings (SSSR count). The van der Waals surface area contributed by atoms with E-state index in [-0.39, 0.29) is 35.1 Å². The highest BCUT2D eigenvalue weighted by molar-refractivity contribution is 8.00. The van der Waals surface area contributed by atoms with Crippen LogP contribution < -0.4 is 5.32 Å². The quantitative estimate of drug-likeness (QED) is 0.437. The van der Waals surface area contributed by atoms with E-state index in [0.717, 1.165) is 12.3 Å². The van der Waals surface area contributed by atoms with E-state index in [1.807, 2.05) is 27.8 Å².